The molecule has 2 aromatic heterocycles. The Morgan fingerprint density at radius 3 is 2.56 bits per heavy atom. The summed E-state index contributed by atoms with van der Waals surface area (Å²) in [5, 5.41) is 0.526. The Morgan fingerprint density at radius 1 is 1.00 bits per heavy atom. The minimum atomic E-state index is -0.177. The van der Waals surface area contributed by atoms with Gasteiger partial charge in [0.05, 0.1) is 23.0 Å². The molecule has 0 bridgehead atoms. The number of hydrogen-bond donors (Lipinski definition) is 0. The number of aromatic nitrogens is 3. The smallest absolute Gasteiger partial charge is 0.265 e. The zero-order valence-electron chi connectivity index (χ0n) is 14.8. The molecule has 4 rings (SSSR count). The number of ketones is 1. The third-order valence-electron chi connectivity index (χ3n) is 4.50. The first-order valence-corrected chi connectivity index (χ1v) is 8.65. The highest BCUT2D eigenvalue weighted by molar-refractivity contribution is 5.97. The lowest BCUT2D eigenvalue weighted by molar-refractivity contribution is 0.0990. The lowest BCUT2D eigenvalue weighted by Gasteiger charge is -2.15. The molecule has 27 heavy (non-hydrogen) atoms. The van der Waals surface area contributed by atoms with Gasteiger partial charge in [0.15, 0.2) is 5.78 Å². The molecule has 0 spiro atoms. The van der Waals surface area contributed by atoms with E-state index in [2.05, 4.69) is 9.97 Å². The van der Waals surface area contributed by atoms with Crippen LogP contribution < -0.4 is 5.56 Å². The first kappa shape index (κ1) is 16.8. The van der Waals surface area contributed by atoms with Gasteiger partial charge in [-0.1, -0.05) is 30.3 Å². The number of rotatable bonds is 4. The topological polar surface area (TPSA) is 64.8 Å². The molecule has 0 amide bonds. The van der Waals surface area contributed by atoms with Gasteiger partial charge in [0, 0.05) is 18.0 Å². The van der Waals surface area contributed by atoms with Crippen LogP contribution in [0.2, 0.25) is 0 Å². The van der Waals surface area contributed by atoms with E-state index in [1.54, 1.807) is 35.0 Å². The van der Waals surface area contributed by atoms with Crippen LogP contribution in [0.1, 0.15) is 21.7 Å². The van der Waals surface area contributed by atoms with E-state index in [-0.39, 0.29) is 17.8 Å². The average molecular weight is 355 g/mol. The Kier molecular flexibility index (Phi) is 4.34. The molecule has 0 aliphatic carbocycles. The summed E-state index contributed by atoms with van der Waals surface area (Å²) in [7, 11) is 0. The molecule has 0 saturated heterocycles. The maximum absolute atomic E-state index is 13.2. The fourth-order valence-electron chi connectivity index (χ4n) is 3.13. The van der Waals surface area contributed by atoms with Gasteiger partial charge in [0.2, 0.25) is 0 Å². The van der Waals surface area contributed by atoms with E-state index in [4.69, 9.17) is 0 Å². The van der Waals surface area contributed by atoms with Crippen molar-refractivity contribution in [2.75, 3.05) is 0 Å². The van der Waals surface area contributed by atoms with Crippen LogP contribution in [0.5, 0.6) is 0 Å². The van der Waals surface area contributed by atoms with Crippen LogP contribution in [0.25, 0.3) is 16.6 Å². The van der Waals surface area contributed by atoms with Crippen LogP contribution in [-0.2, 0) is 6.42 Å². The molecule has 0 radical (unpaired) electrons. The van der Waals surface area contributed by atoms with Crippen molar-refractivity contribution in [1.82, 2.24) is 14.5 Å². The summed E-state index contributed by atoms with van der Waals surface area (Å²) in [6.07, 6.45) is 3.16. The minimum absolute atomic E-state index is 0.0140. The number of hydrogen-bond acceptors (Lipinski definition) is 4. The highest BCUT2D eigenvalue weighted by atomic mass is 16.1. The second-order valence-corrected chi connectivity index (χ2v) is 6.31. The second kappa shape index (κ2) is 6.96. The zero-order valence-corrected chi connectivity index (χ0v) is 14.8. The van der Waals surface area contributed by atoms with E-state index in [0.29, 0.717) is 22.3 Å². The monoisotopic (exact) mass is 355 g/mol. The largest absolute Gasteiger partial charge is 0.294 e. The van der Waals surface area contributed by atoms with Gasteiger partial charge in [-0.25, -0.2) is 4.98 Å². The van der Waals surface area contributed by atoms with E-state index in [9.17, 15) is 9.59 Å². The summed E-state index contributed by atoms with van der Waals surface area (Å²) < 4.78 is 1.55. The van der Waals surface area contributed by atoms with Crippen molar-refractivity contribution in [1.29, 1.82) is 0 Å². The summed E-state index contributed by atoms with van der Waals surface area (Å²) in [6.45, 7) is 1.93. The van der Waals surface area contributed by atoms with E-state index >= 15 is 0 Å². The molecule has 2 heterocycles. The maximum atomic E-state index is 13.2. The quantitative estimate of drug-likeness (QED) is 0.526. The third kappa shape index (κ3) is 3.15. The van der Waals surface area contributed by atoms with Gasteiger partial charge in [0.1, 0.15) is 5.82 Å². The molecule has 0 N–H and O–H groups in total. The highest BCUT2D eigenvalue weighted by Crippen LogP contribution is 2.17. The number of carbonyl (C=O) groups excluding carboxylic acids is 1. The molecule has 0 fully saturated rings. The molecule has 132 valence electrons. The first-order chi connectivity index (χ1) is 13.1. The molecule has 0 aliphatic rings. The normalized spacial score (nSPS) is 10.9. The molecule has 5 nitrogen and oxygen atoms in total. The summed E-state index contributed by atoms with van der Waals surface area (Å²) in [4.78, 5) is 34.6. The summed E-state index contributed by atoms with van der Waals surface area (Å²) in [6, 6.07) is 18.2. The summed E-state index contributed by atoms with van der Waals surface area (Å²) in [5.74, 6) is 0.287. The Balaban J connectivity index is 1.93. The van der Waals surface area contributed by atoms with Crippen LogP contribution in [0.15, 0.2) is 77.9 Å². The number of Topliss-reactive ketones (excluding diaryl/α,β-unsaturated/α-hetero) is 1. The van der Waals surface area contributed by atoms with Crippen molar-refractivity contribution in [3.05, 3.63) is 100 Å². The van der Waals surface area contributed by atoms with Crippen molar-refractivity contribution >= 4 is 16.7 Å². The van der Waals surface area contributed by atoms with Gasteiger partial charge in [-0.2, -0.15) is 0 Å². The number of pyridine rings is 1. The molecule has 2 aromatic carbocycles. The van der Waals surface area contributed by atoms with Crippen LogP contribution in [0, 0.1) is 6.92 Å². The van der Waals surface area contributed by atoms with E-state index < -0.39 is 0 Å². The Bertz CT molecular complexity index is 1200. The number of nitrogens with zero attached hydrogens (tertiary/aromatic N) is 3. The molecule has 5 heteroatoms. The first-order valence-electron chi connectivity index (χ1n) is 8.65. The lowest BCUT2D eigenvalue weighted by atomic mass is 10.1. The van der Waals surface area contributed by atoms with Gasteiger partial charge in [0.25, 0.3) is 5.56 Å². The second-order valence-electron chi connectivity index (χ2n) is 6.31. The molecule has 4 aromatic rings. The van der Waals surface area contributed by atoms with Crippen molar-refractivity contribution in [2.45, 2.75) is 13.3 Å². The van der Waals surface area contributed by atoms with Gasteiger partial charge < -0.3 is 0 Å². The lowest BCUT2D eigenvalue weighted by Crippen LogP contribution is -2.26. The van der Waals surface area contributed by atoms with Crippen molar-refractivity contribution in [3.63, 3.8) is 0 Å². The van der Waals surface area contributed by atoms with Crippen molar-refractivity contribution in [3.8, 4) is 5.69 Å². The molecular formula is C22H17N3O2. The van der Waals surface area contributed by atoms with Crippen LogP contribution in [-0.4, -0.2) is 20.3 Å². The van der Waals surface area contributed by atoms with E-state index in [1.807, 2.05) is 43.3 Å². The van der Waals surface area contributed by atoms with Crippen LogP contribution in [0.4, 0.5) is 0 Å². The number of para-hydroxylation sites is 2. The molecule has 0 saturated carbocycles. The summed E-state index contributed by atoms with van der Waals surface area (Å²) in [5.41, 5.74) is 2.57. The minimum Gasteiger partial charge on any atom is -0.294 e. The van der Waals surface area contributed by atoms with Gasteiger partial charge in [-0.05, 0) is 42.8 Å². The number of aryl methyl sites for hydroxylation is 1. The van der Waals surface area contributed by atoms with Crippen LogP contribution in [0.3, 0.4) is 0 Å². The Morgan fingerprint density at radius 2 is 1.78 bits per heavy atom. The van der Waals surface area contributed by atoms with Gasteiger partial charge in [-0.15, -0.1) is 0 Å². The predicted molar refractivity (Wildman–Crippen MR) is 104 cm³/mol. The fourth-order valence-corrected chi connectivity index (χ4v) is 3.13. The zero-order chi connectivity index (χ0) is 18.8. The Hall–Kier alpha value is -3.60. The number of fused-ring (bicyclic) bond motifs is 1. The molecule has 0 unspecified atom stereocenters. The Labute approximate surface area is 156 Å². The van der Waals surface area contributed by atoms with Crippen LogP contribution >= 0.6 is 0 Å². The molecule has 0 atom stereocenters. The highest BCUT2D eigenvalue weighted by Gasteiger charge is 2.17. The predicted octanol–water partition coefficient (Wildman–Crippen LogP) is 3.51. The number of carbonyl (C=O) groups is 1. The average Bonchev–Trinajstić information content (AvgIpc) is 2.70. The molecular weight excluding hydrogens is 338 g/mol. The fraction of sp³-hybridized carbons (Fsp3) is 0.0909. The maximum Gasteiger partial charge on any atom is 0.265 e. The van der Waals surface area contributed by atoms with E-state index in [0.717, 1.165) is 11.3 Å². The SMILES string of the molecule is Cc1ccccc1-n1c(CC(=O)c2cccnc2)nc2ccccc2c1=O. The van der Waals surface area contributed by atoms with Crippen molar-refractivity contribution in [2.24, 2.45) is 0 Å². The van der Waals surface area contributed by atoms with Gasteiger partial charge in [-0.3, -0.25) is 19.1 Å². The molecule has 0 aliphatic heterocycles. The third-order valence-corrected chi connectivity index (χ3v) is 4.50. The standard InChI is InChI=1S/C22H17N3O2/c1-15-7-2-5-11-19(15)25-21(13-20(26)16-8-6-12-23-14-16)24-18-10-4-3-9-17(18)22(25)27/h2-12,14H,13H2,1H3. The van der Waals surface area contributed by atoms with E-state index in [1.165, 1.54) is 6.20 Å². The number of benzene rings is 2. The van der Waals surface area contributed by atoms with Gasteiger partial charge >= 0.3 is 0 Å². The summed E-state index contributed by atoms with van der Waals surface area (Å²) >= 11 is 0. The van der Waals surface area contributed by atoms with Crippen molar-refractivity contribution < 1.29 is 4.79 Å².